The predicted octanol–water partition coefficient (Wildman–Crippen LogP) is 2.21. The van der Waals surface area contributed by atoms with Crippen LogP contribution in [0.5, 0.6) is 0 Å². The van der Waals surface area contributed by atoms with Crippen LogP contribution in [-0.4, -0.2) is 31.0 Å². The molecule has 0 spiro atoms. The number of halogens is 1. The number of carbonyl (C=O) groups is 1. The SMILES string of the molecule is O=C(O)C1(c2nc3c4ccc(F)cc4c4c(=O)[nH]cnc4c3[nH]2)CC1. The average Bonchev–Trinajstić information content (AvgIpc) is 3.28. The summed E-state index contributed by atoms with van der Waals surface area (Å²) >= 11 is 0. The highest BCUT2D eigenvalue weighted by Crippen LogP contribution is 2.48. The number of hydrogen-bond donors (Lipinski definition) is 3. The summed E-state index contributed by atoms with van der Waals surface area (Å²) in [5.74, 6) is -1.07. The highest BCUT2D eigenvalue weighted by molar-refractivity contribution is 6.21. The number of carboxylic acid groups (broad SMARTS) is 1. The Bertz CT molecular complexity index is 1270. The molecule has 2 aromatic carbocycles. The molecule has 1 aliphatic carbocycles. The summed E-state index contributed by atoms with van der Waals surface area (Å²) in [4.78, 5) is 38.2. The third-order valence-corrected chi connectivity index (χ3v) is 4.91. The first-order chi connectivity index (χ1) is 12.0. The van der Waals surface area contributed by atoms with Crippen LogP contribution < -0.4 is 5.56 Å². The first-order valence-electron chi connectivity index (χ1n) is 7.73. The number of fused-ring (bicyclic) bond motifs is 6. The Balaban J connectivity index is 2.01. The first-order valence-corrected chi connectivity index (χ1v) is 7.73. The number of rotatable bonds is 2. The number of benzene rings is 2. The van der Waals surface area contributed by atoms with Gasteiger partial charge in [0.2, 0.25) is 0 Å². The molecule has 1 saturated carbocycles. The maximum Gasteiger partial charge on any atom is 0.317 e. The van der Waals surface area contributed by atoms with Crippen LogP contribution in [0.4, 0.5) is 4.39 Å². The fourth-order valence-electron chi connectivity index (χ4n) is 3.41. The van der Waals surface area contributed by atoms with Gasteiger partial charge in [-0.05, 0) is 31.0 Å². The Labute approximate surface area is 138 Å². The van der Waals surface area contributed by atoms with E-state index < -0.39 is 22.8 Å². The lowest BCUT2D eigenvalue weighted by atomic mass is 10.0. The number of aromatic nitrogens is 4. The average molecular weight is 338 g/mol. The van der Waals surface area contributed by atoms with Gasteiger partial charge in [-0.2, -0.15) is 0 Å². The van der Waals surface area contributed by atoms with Gasteiger partial charge in [0.15, 0.2) is 0 Å². The lowest BCUT2D eigenvalue weighted by Gasteiger charge is -2.04. The number of nitrogens with zero attached hydrogens (tertiary/aromatic N) is 2. The Morgan fingerprint density at radius 3 is 2.76 bits per heavy atom. The molecule has 3 N–H and O–H groups in total. The van der Waals surface area contributed by atoms with E-state index in [9.17, 15) is 19.1 Å². The van der Waals surface area contributed by atoms with Gasteiger partial charge in [0.05, 0.1) is 22.7 Å². The highest BCUT2D eigenvalue weighted by atomic mass is 19.1. The van der Waals surface area contributed by atoms with Gasteiger partial charge < -0.3 is 15.1 Å². The second-order valence-electron chi connectivity index (χ2n) is 6.34. The van der Waals surface area contributed by atoms with Crippen LogP contribution in [0.25, 0.3) is 32.7 Å². The maximum absolute atomic E-state index is 13.8. The van der Waals surface area contributed by atoms with Gasteiger partial charge in [0.1, 0.15) is 22.6 Å². The van der Waals surface area contributed by atoms with Crippen LogP contribution in [0.3, 0.4) is 0 Å². The summed E-state index contributed by atoms with van der Waals surface area (Å²) in [5.41, 5.74) is -0.0838. The molecule has 25 heavy (non-hydrogen) atoms. The molecular formula is C17H11FN4O3. The first kappa shape index (κ1) is 14.1. The van der Waals surface area contributed by atoms with E-state index in [1.165, 1.54) is 18.5 Å². The second-order valence-corrected chi connectivity index (χ2v) is 6.34. The lowest BCUT2D eigenvalue weighted by Crippen LogP contribution is -2.20. The van der Waals surface area contributed by atoms with Crippen molar-refractivity contribution in [3.8, 4) is 0 Å². The highest BCUT2D eigenvalue weighted by Gasteiger charge is 2.54. The monoisotopic (exact) mass is 338 g/mol. The largest absolute Gasteiger partial charge is 0.480 e. The third kappa shape index (κ3) is 1.73. The van der Waals surface area contributed by atoms with Gasteiger partial charge in [-0.25, -0.2) is 14.4 Å². The van der Waals surface area contributed by atoms with E-state index in [0.29, 0.717) is 46.0 Å². The molecule has 1 fully saturated rings. The number of aromatic amines is 2. The normalized spacial score (nSPS) is 15.9. The molecule has 124 valence electrons. The van der Waals surface area contributed by atoms with E-state index in [4.69, 9.17) is 0 Å². The molecule has 1 aliphatic rings. The summed E-state index contributed by atoms with van der Waals surface area (Å²) < 4.78 is 13.8. The molecule has 0 bridgehead atoms. The molecule has 2 heterocycles. The molecule has 0 saturated heterocycles. The van der Waals surface area contributed by atoms with E-state index in [1.54, 1.807) is 6.07 Å². The maximum atomic E-state index is 13.8. The third-order valence-electron chi connectivity index (χ3n) is 4.91. The van der Waals surface area contributed by atoms with Crippen LogP contribution in [0, 0.1) is 5.82 Å². The molecule has 7 nitrogen and oxygen atoms in total. The number of imidazole rings is 1. The van der Waals surface area contributed by atoms with Crippen LogP contribution in [0.2, 0.25) is 0 Å². The van der Waals surface area contributed by atoms with Gasteiger partial charge in [-0.1, -0.05) is 0 Å². The number of nitrogens with one attached hydrogen (secondary N) is 2. The van der Waals surface area contributed by atoms with Crippen LogP contribution in [-0.2, 0) is 10.2 Å². The Morgan fingerprint density at radius 2 is 2.04 bits per heavy atom. The fourth-order valence-corrected chi connectivity index (χ4v) is 3.41. The zero-order valence-corrected chi connectivity index (χ0v) is 12.8. The molecule has 5 rings (SSSR count). The molecule has 0 atom stereocenters. The van der Waals surface area contributed by atoms with E-state index in [1.807, 2.05) is 0 Å². The van der Waals surface area contributed by atoms with E-state index in [2.05, 4.69) is 19.9 Å². The summed E-state index contributed by atoms with van der Waals surface area (Å²) in [7, 11) is 0. The van der Waals surface area contributed by atoms with Gasteiger partial charge in [0, 0.05) is 10.8 Å². The topological polar surface area (TPSA) is 112 Å². The standard InChI is InChI=1S/C17H11FN4O3/c18-7-1-2-8-9(5-7)10-12(19-6-20-14(10)23)13-11(8)21-15(22-13)17(3-4-17)16(24)25/h1-2,5-6H,3-4H2,(H,21,22)(H,24,25)(H,19,20,23). The molecule has 0 radical (unpaired) electrons. The molecule has 0 amide bonds. The van der Waals surface area contributed by atoms with Crippen LogP contribution >= 0.6 is 0 Å². The minimum atomic E-state index is -1.01. The quantitative estimate of drug-likeness (QED) is 0.485. The van der Waals surface area contributed by atoms with Crippen molar-refractivity contribution in [1.82, 2.24) is 19.9 Å². The predicted molar refractivity (Wildman–Crippen MR) is 88.0 cm³/mol. The van der Waals surface area contributed by atoms with E-state index >= 15 is 0 Å². The van der Waals surface area contributed by atoms with E-state index in [0.717, 1.165) is 0 Å². The summed E-state index contributed by atoms with van der Waals surface area (Å²) in [6.45, 7) is 0. The molecule has 2 aromatic heterocycles. The summed E-state index contributed by atoms with van der Waals surface area (Å²) in [5, 5.41) is 10.7. The molecule has 0 aliphatic heterocycles. The summed E-state index contributed by atoms with van der Waals surface area (Å²) in [6, 6.07) is 4.10. The van der Waals surface area contributed by atoms with Gasteiger partial charge in [0.25, 0.3) is 5.56 Å². The lowest BCUT2D eigenvalue weighted by molar-refractivity contribution is -0.140. The van der Waals surface area contributed by atoms with Crippen molar-refractivity contribution in [3.05, 3.63) is 46.5 Å². The molecule has 4 aromatic rings. The van der Waals surface area contributed by atoms with Gasteiger partial charge >= 0.3 is 5.97 Å². The van der Waals surface area contributed by atoms with Crippen molar-refractivity contribution in [3.63, 3.8) is 0 Å². The van der Waals surface area contributed by atoms with Crippen LogP contribution in [0.1, 0.15) is 18.7 Å². The Kier molecular flexibility index (Phi) is 2.49. The number of hydrogen-bond acceptors (Lipinski definition) is 4. The van der Waals surface area contributed by atoms with Crippen molar-refractivity contribution in [2.24, 2.45) is 0 Å². The van der Waals surface area contributed by atoms with E-state index in [-0.39, 0.29) is 5.39 Å². The zero-order valence-electron chi connectivity index (χ0n) is 12.8. The zero-order chi connectivity index (χ0) is 17.3. The summed E-state index contributed by atoms with van der Waals surface area (Å²) in [6.07, 6.45) is 2.27. The van der Waals surface area contributed by atoms with Gasteiger partial charge in [-0.3, -0.25) is 9.59 Å². The molecular weight excluding hydrogens is 327 g/mol. The second kappa shape index (κ2) is 4.41. The number of aliphatic carboxylic acids is 1. The van der Waals surface area contributed by atoms with Crippen molar-refractivity contribution in [2.45, 2.75) is 18.3 Å². The van der Waals surface area contributed by atoms with Crippen LogP contribution in [0.15, 0.2) is 29.3 Å². The molecule has 8 heteroatoms. The minimum absolute atomic E-state index is 0.250. The fraction of sp³-hybridized carbons (Fsp3) is 0.176. The van der Waals surface area contributed by atoms with Crippen molar-refractivity contribution in [1.29, 1.82) is 0 Å². The van der Waals surface area contributed by atoms with Crippen molar-refractivity contribution in [2.75, 3.05) is 0 Å². The van der Waals surface area contributed by atoms with Gasteiger partial charge in [-0.15, -0.1) is 0 Å². The number of H-pyrrole nitrogens is 2. The Morgan fingerprint density at radius 1 is 1.24 bits per heavy atom. The Hall–Kier alpha value is -3.29. The smallest absolute Gasteiger partial charge is 0.317 e. The minimum Gasteiger partial charge on any atom is -0.480 e. The van der Waals surface area contributed by atoms with Crippen molar-refractivity contribution < 1.29 is 14.3 Å². The molecule has 0 unspecified atom stereocenters. The number of carboxylic acids is 1. The van der Waals surface area contributed by atoms with Crippen molar-refractivity contribution >= 4 is 38.7 Å².